The predicted molar refractivity (Wildman–Crippen MR) is 196 cm³/mol. The van der Waals surface area contributed by atoms with Crippen LogP contribution in [0.5, 0.6) is 0 Å². The van der Waals surface area contributed by atoms with E-state index in [9.17, 15) is 9.59 Å². The summed E-state index contributed by atoms with van der Waals surface area (Å²) in [7, 11) is 0. The molecule has 0 unspecified atom stereocenters. The number of nitrogens with one attached hydrogen (secondary N) is 2. The van der Waals surface area contributed by atoms with Gasteiger partial charge in [0.05, 0.1) is 17.6 Å². The monoisotopic (exact) mass is 693 g/mol. The summed E-state index contributed by atoms with van der Waals surface area (Å²) in [6.07, 6.45) is 9.44. The highest BCUT2D eigenvalue weighted by Crippen LogP contribution is 2.38. The van der Waals surface area contributed by atoms with Gasteiger partial charge in [0.1, 0.15) is 17.0 Å². The third kappa shape index (κ3) is 8.00. The highest BCUT2D eigenvalue weighted by atomic mass is 16.6. The van der Waals surface area contributed by atoms with Crippen LogP contribution in [-0.4, -0.2) is 61.9 Å². The first-order chi connectivity index (χ1) is 24.3. The maximum absolute atomic E-state index is 12.9. The van der Waals surface area contributed by atoms with Crippen molar-refractivity contribution in [3.8, 4) is 33.7 Å². The molecule has 3 aliphatic rings. The van der Waals surface area contributed by atoms with Gasteiger partial charge in [-0.3, -0.25) is 0 Å². The Labute approximate surface area is 300 Å². The van der Waals surface area contributed by atoms with E-state index in [0.717, 1.165) is 96.6 Å². The van der Waals surface area contributed by atoms with Crippen LogP contribution in [0.2, 0.25) is 0 Å². The summed E-state index contributed by atoms with van der Waals surface area (Å²) in [5.41, 5.74) is 6.64. The number of likely N-dealkylation sites (tertiary alicyclic amines) is 1. The molecule has 0 bridgehead atoms. The maximum atomic E-state index is 12.9. The molecule has 7 rings (SSSR count). The molecule has 0 radical (unpaired) electrons. The van der Waals surface area contributed by atoms with Crippen LogP contribution < -0.4 is 5.32 Å². The van der Waals surface area contributed by atoms with Gasteiger partial charge in [0, 0.05) is 36.5 Å². The average Bonchev–Trinajstić information content (AvgIpc) is 3.86. The molecule has 2 aromatic carbocycles. The average molecular weight is 694 g/mol. The molecule has 10 nitrogen and oxygen atoms in total. The lowest BCUT2D eigenvalue weighted by Gasteiger charge is -2.28. The zero-order valence-corrected chi connectivity index (χ0v) is 30.8. The standard InChI is InChI=1S/C41H51N5O5/c1-40(2,3)50-38(47)45-32-13-8-12-31(32)37-42-24-34(44-37)26-17-15-25(16-18-26)27-19-20-30-28(22-27)10-7-14-33-36(30)49-35(43-33)23-29-11-9-21-46(29)39(48)51-41(4,5)6/h15-20,22,24,29,31-32H,7-14,21,23H2,1-6H3,(H,42,44)(H,45,47)/t29-,31-,32+/m0/s1. The van der Waals surface area contributed by atoms with Crippen molar-refractivity contribution in [1.29, 1.82) is 0 Å². The third-order valence-corrected chi connectivity index (χ3v) is 10.1. The number of amides is 2. The summed E-state index contributed by atoms with van der Waals surface area (Å²) in [5, 5.41) is 3.07. The predicted octanol–water partition coefficient (Wildman–Crippen LogP) is 8.99. The van der Waals surface area contributed by atoms with Crippen molar-refractivity contribution >= 4 is 12.2 Å². The van der Waals surface area contributed by atoms with Crippen LogP contribution in [0.3, 0.4) is 0 Å². The van der Waals surface area contributed by atoms with Gasteiger partial charge in [0.2, 0.25) is 0 Å². The second-order valence-electron chi connectivity index (χ2n) is 16.3. The molecule has 10 heteroatoms. The number of fused-ring (bicyclic) bond motifs is 3. The van der Waals surface area contributed by atoms with Crippen LogP contribution in [0, 0.1) is 0 Å². The molecule has 0 spiro atoms. The Morgan fingerprint density at radius 2 is 1.65 bits per heavy atom. The van der Waals surface area contributed by atoms with Gasteiger partial charge >= 0.3 is 12.2 Å². The fourth-order valence-electron chi connectivity index (χ4n) is 7.76. The van der Waals surface area contributed by atoms with Crippen molar-refractivity contribution in [3.63, 3.8) is 0 Å². The van der Waals surface area contributed by atoms with Crippen molar-refractivity contribution in [2.45, 2.75) is 129 Å². The number of nitrogens with zero attached hydrogens (tertiary/aromatic N) is 3. The van der Waals surface area contributed by atoms with Crippen LogP contribution in [-0.2, 0) is 28.7 Å². The minimum Gasteiger partial charge on any atom is -0.444 e. The van der Waals surface area contributed by atoms with E-state index in [1.165, 1.54) is 5.56 Å². The van der Waals surface area contributed by atoms with E-state index in [1.54, 1.807) is 0 Å². The summed E-state index contributed by atoms with van der Waals surface area (Å²) in [6, 6.07) is 15.2. The Hall–Kier alpha value is -4.60. The van der Waals surface area contributed by atoms with Gasteiger partial charge in [0.25, 0.3) is 0 Å². The van der Waals surface area contributed by atoms with E-state index >= 15 is 0 Å². The van der Waals surface area contributed by atoms with E-state index in [4.69, 9.17) is 23.9 Å². The molecule has 3 atom stereocenters. The quantitative estimate of drug-likeness (QED) is 0.207. The molecule has 51 heavy (non-hydrogen) atoms. The topological polar surface area (TPSA) is 123 Å². The zero-order valence-electron chi connectivity index (χ0n) is 30.8. The second kappa shape index (κ2) is 13.8. The van der Waals surface area contributed by atoms with Gasteiger partial charge in [-0.25, -0.2) is 19.6 Å². The molecule has 4 aromatic rings. The SMILES string of the molecule is CC(C)(C)OC(=O)N[C@@H]1CCC[C@@H]1c1ncc(-c2ccc(-c3ccc4c(c3)CCCc3nc(C[C@@H]5CCCN5C(=O)OC(C)(C)C)oc3-4)cc2)[nH]1. The number of aromatic amines is 1. The van der Waals surface area contributed by atoms with E-state index < -0.39 is 11.2 Å². The Bertz CT molecular complexity index is 1880. The first-order valence-electron chi connectivity index (χ1n) is 18.6. The molecule has 2 fully saturated rings. The largest absolute Gasteiger partial charge is 0.444 e. The van der Waals surface area contributed by atoms with Gasteiger partial charge in [-0.1, -0.05) is 48.9 Å². The van der Waals surface area contributed by atoms with E-state index in [-0.39, 0.29) is 30.2 Å². The van der Waals surface area contributed by atoms with Crippen LogP contribution in [0.1, 0.15) is 109 Å². The Kier molecular flexibility index (Phi) is 9.46. The Morgan fingerprint density at radius 1 is 0.902 bits per heavy atom. The zero-order chi connectivity index (χ0) is 35.9. The molecule has 1 saturated carbocycles. The van der Waals surface area contributed by atoms with Crippen LogP contribution in [0.4, 0.5) is 9.59 Å². The summed E-state index contributed by atoms with van der Waals surface area (Å²) in [5.74, 6) is 2.58. The van der Waals surface area contributed by atoms with Crippen molar-refractivity contribution in [2.75, 3.05) is 6.54 Å². The fourth-order valence-corrected chi connectivity index (χ4v) is 7.76. The van der Waals surface area contributed by atoms with Crippen molar-refractivity contribution in [1.82, 2.24) is 25.2 Å². The van der Waals surface area contributed by atoms with E-state index in [0.29, 0.717) is 18.9 Å². The number of alkyl carbamates (subject to hydrolysis) is 1. The molecular weight excluding hydrogens is 642 g/mol. The summed E-state index contributed by atoms with van der Waals surface area (Å²) >= 11 is 0. The number of hydrogen-bond acceptors (Lipinski definition) is 7. The smallest absolute Gasteiger partial charge is 0.410 e. The van der Waals surface area contributed by atoms with Gasteiger partial charge in [0.15, 0.2) is 11.7 Å². The van der Waals surface area contributed by atoms with Crippen molar-refractivity contribution in [2.24, 2.45) is 0 Å². The van der Waals surface area contributed by atoms with Crippen molar-refractivity contribution in [3.05, 3.63) is 71.6 Å². The minimum atomic E-state index is -0.532. The van der Waals surface area contributed by atoms with Gasteiger partial charge < -0.3 is 29.1 Å². The summed E-state index contributed by atoms with van der Waals surface area (Å²) < 4.78 is 17.6. The van der Waals surface area contributed by atoms with Crippen LogP contribution in [0.15, 0.2) is 53.1 Å². The molecule has 2 aromatic heterocycles. The molecular formula is C41H51N5O5. The molecule has 2 N–H and O–H groups in total. The lowest BCUT2D eigenvalue weighted by molar-refractivity contribution is 0.0222. The number of carbonyl (C=O) groups excluding carboxylic acids is 2. The van der Waals surface area contributed by atoms with Gasteiger partial charge in [-0.2, -0.15) is 0 Å². The summed E-state index contributed by atoms with van der Waals surface area (Å²) in [4.78, 5) is 40.4. The highest BCUT2D eigenvalue weighted by molar-refractivity contribution is 5.75. The molecule has 2 aliphatic carbocycles. The van der Waals surface area contributed by atoms with Gasteiger partial charge in [-0.05, 0) is 109 Å². The number of H-pyrrole nitrogens is 1. The molecule has 1 aliphatic heterocycles. The molecule has 3 heterocycles. The van der Waals surface area contributed by atoms with E-state index in [2.05, 4.69) is 52.8 Å². The molecule has 1 saturated heterocycles. The van der Waals surface area contributed by atoms with Crippen LogP contribution >= 0.6 is 0 Å². The maximum Gasteiger partial charge on any atom is 0.410 e. The Balaban J connectivity index is 1.03. The highest BCUT2D eigenvalue weighted by Gasteiger charge is 2.35. The number of carbonyl (C=O) groups is 2. The van der Waals surface area contributed by atoms with Gasteiger partial charge in [-0.15, -0.1) is 0 Å². The minimum absolute atomic E-state index is 0.00381. The number of imidazole rings is 1. The first-order valence-corrected chi connectivity index (χ1v) is 18.6. The number of hydrogen-bond donors (Lipinski definition) is 2. The number of benzene rings is 2. The van der Waals surface area contributed by atoms with Crippen molar-refractivity contribution < 1.29 is 23.5 Å². The second-order valence-corrected chi connectivity index (χ2v) is 16.3. The number of oxazole rings is 1. The lowest BCUT2D eigenvalue weighted by Crippen LogP contribution is -2.40. The number of ether oxygens (including phenoxy) is 2. The first kappa shape index (κ1) is 34.8. The van der Waals surface area contributed by atoms with Crippen LogP contribution in [0.25, 0.3) is 33.7 Å². The fraction of sp³-hybridized carbons (Fsp3) is 0.512. The number of aryl methyl sites for hydroxylation is 2. The normalized spacial score (nSPS) is 20.4. The lowest BCUT2D eigenvalue weighted by atomic mass is 9.96. The molecule has 2 amide bonds. The van der Waals surface area contributed by atoms with E-state index in [1.807, 2.05) is 52.6 Å². The summed E-state index contributed by atoms with van der Waals surface area (Å²) in [6.45, 7) is 12.0. The Morgan fingerprint density at radius 3 is 2.41 bits per heavy atom. The molecule has 270 valence electrons. The third-order valence-electron chi connectivity index (χ3n) is 10.1. The number of aromatic nitrogens is 3. The number of rotatable bonds is 6.